The first kappa shape index (κ1) is 30.8. The van der Waals surface area contributed by atoms with Crippen molar-refractivity contribution in [1.29, 1.82) is 0 Å². The van der Waals surface area contributed by atoms with Crippen LogP contribution in [0.25, 0.3) is 0 Å². The van der Waals surface area contributed by atoms with Gasteiger partial charge < -0.3 is 31.3 Å². The molecule has 0 aromatic heterocycles. The van der Waals surface area contributed by atoms with Gasteiger partial charge in [-0.3, -0.25) is 0 Å². The van der Waals surface area contributed by atoms with Gasteiger partial charge in [0.25, 0.3) is 0 Å². The van der Waals surface area contributed by atoms with Gasteiger partial charge in [0.2, 0.25) is 0 Å². The first-order valence-corrected chi connectivity index (χ1v) is 11.9. The van der Waals surface area contributed by atoms with Crippen molar-refractivity contribution < 1.29 is 38.1 Å². The minimum atomic E-state index is -4.67. The molecule has 4 rings (SSSR count). The predicted octanol–water partition coefficient (Wildman–Crippen LogP) is 7.01. The molecule has 0 aliphatic heterocycles. The zero-order chi connectivity index (χ0) is 28.9. The van der Waals surface area contributed by atoms with Crippen LogP contribution in [-0.2, 0) is 19.3 Å². The van der Waals surface area contributed by atoms with Crippen LogP contribution in [0, 0.1) is 0 Å². The number of anilines is 4. The molecule has 0 heterocycles. The summed E-state index contributed by atoms with van der Waals surface area (Å²) in [5.74, 6) is -2.38. The van der Waals surface area contributed by atoms with Crippen LogP contribution < -0.4 is 16.0 Å². The molecule has 0 atom stereocenters. The lowest BCUT2D eigenvalue weighted by Crippen LogP contribution is -2.14. The number of carboxylic acid groups (broad SMARTS) is 2. The topological polar surface area (TPSA) is 131 Å². The van der Waals surface area contributed by atoms with E-state index in [2.05, 4.69) is 16.0 Å². The Morgan fingerprint density at radius 2 is 1.22 bits per heavy atom. The number of benzene rings is 4. The minimum Gasteiger partial charge on any atom is -0.508 e. The van der Waals surface area contributed by atoms with E-state index in [1.165, 1.54) is 30.3 Å². The molecule has 8 nitrogen and oxygen atoms in total. The molecule has 0 amide bonds. The second-order valence-corrected chi connectivity index (χ2v) is 8.81. The molecule has 0 bridgehead atoms. The van der Waals surface area contributed by atoms with Gasteiger partial charge in [-0.2, -0.15) is 13.2 Å². The van der Waals surface area contributed by atoms with E-state index in [1.807, 2.05) is 0 Å². The number of alkyl halides is 3. The third kappa shape index (κ3) is 7.90. The number of halogens is 4. The number of para-hydroxylation sites is 1. The van der Waals surface area contributed by atoms with E-state index in [1.54, 1.807) is 36.4 Å². The van der Waals surface area contributed by atoms with Gasteiger partial charge >= 0.3 is 18.1 Å². The van der Waals surface area contributed by atoms with Crippen LogP contribution in [0.1, 0.15) is 37.4 Å². The molecule has 41 heavy (non-hydrogen) atoms. The van der Waals surface area contributed by atoms with Gasteiger partial charge in [-0.05, 0) is 65.7 Å². The first-order chi connectivity index (χ1) is 19.0. The molecule has 0 spiro atoms. The van der Waals surface area contributed by atoms with Crippen molar-refractivity contribution in [1.82, 2.24) is 5.32 Å². The second-order valence-electron chi connectivity index (χ2n) is 8.81. The number of aromatic carboxylic acids is 2. The van der Waals surface area contributed by atoms with E-state index >= 15 is 0 Å². The largest absolute Gasteiger partial charge is 0.508 e. The van der Waals surface area contributed by atoms with Gasteiger partial charge in [0.05, 0.1) is 39.4 Å². The molecular formula is C29H25ClF3N3O5. The van der Waals surface area contributed by atoms with E-state index < -0.39 is 23.7 Å². The number of carboxylic acids is 2. The molecule has 214 valence electrons. The Morgan fingerprint density at radius 3 is 1.88 bits per heavy atom. The highest BCUT2D eigenvalue weighted by Gasteiger charge is 2.31. The summed E-state index contributed by atoms with van der Waals surface area (Å²) in [4.78, 5) is 23.7. The quantitative estimate of drug-likeness (QED) is 0.117. The zero-order valence-corrected chi connectivity index (χ0v) is 22.0. The SMILES string of the molecule is Cl.O=C(O)c1ccccc1Nc1ccc(C(F)(F)F)cc1Nc1ccc(CNCc2ccc(O)cc2)cc1C(=O)O. The smallest absolute Gasteiger partial charge is 0.416 e. The third-order valence-electron chi connectivity index (χ3n) is 5.95. The number of hydrogen-bond acceptors (Lipinski definition) is 6. The van der Waals surface area contributed by atoms with Gasteiger partial charge in [0.15, 0.2) is 0 Å². The Kier molecular flexibility index (Phi) is 9.82. The second kappa shape index (κ2) is 13.1. The van der Waals surface area contributed by atoms with Gasteiger partial charge in [-0.1, -0.05) is 30.3 Å². The van der Waals surface area contributed by atoms with E-state index in [4.69, 9.17) is 0 Å². The Balaban J connectivity index is 0.00000462. The fraction of sp³-hybridized carbons (Fsp3) is 0.103. The van der Waals surface area contributed by atoms with Crippen LogP contribution >= 0.6 is 12.4 Å². The zero-order valence-electron chi connectivity index (χ0n) is 21.2. The summed E-state index contributed by atoms with van der Waals surface area (Å²) in [6, 6.07) is 19.8. The maximum atomic E-state index is 13.5. The first-order valence-electron chi connectivity index (χ1n) is 11.9. The summed E-state index contributed by atoms with van der Waals surface area (Å²) < 4.78 is 40.6. The summed E-state index contributed by atoms with van der Waals surface area (Å²) in [7, 11) is 0. The molecule has 12 heteroatoms. The fourth-order valence-corrected chi connectivity index (χ4v) is 3.95. The van der Waals surface area contributed by atoms with Crippen molar-refractivity contribution in [2.45, 2.75) is 19.3 Å². The van der Waals surface area contributed by atoms with Gasteiger partial charge in [0, 0.05) is 13.1 Å². The number of phenols is 1. The van der Waals surface area contributed by atoms with Crippen molar-refractivity contribution >= 4 is 47.1 Å². The molecule has 0 aliphatic rings. The molecule has 0 saturated carbocycles. The lowest BCUT2D eigenvalue weighted by atomic mass is 10.1. The molecule has 4 aromatic rings. The van der Waals surface area contributed by atoms with Crippen molar-refractivity contribution in [2.24, 2.45) is 0 Å². The van der Waals surface area contributed by atoms with E-state index in [0.29, 0.717) is 18.7 Å². The Labute approximate surface area is 238 Å². The number of hydrogen-bond donors (Lipinski definition) is 6. The molecule has 0 unspecified atom stereocenters. The van der Waals surface area contributed by atoms with Crippen LogP contribution in [0.5, 0.6) is 5.75 Å². The van der Waals surface area contributed by atoms with Crippen LogP contribution in [0.2, 0.25) is 0 Å². The molecule has 4 aromatic carbocycles. The van der Waals surface area contributed by atoms with Crippen LogP contribution in [0.3, 0.4) is 0 Å². The number of aromatic hydroxyl groups is 1. The maximum Gasteiger partial charge on any atom is 0.416 e. The summed E-state index contributed by atoms with van der Waals surface area (Å²) >= 11 is 0. The highest BCUT2D eigenvalue weighted by molar-refractivity contribution is 5.98. The number of rotatable bonds is 10. The lowest BCUT2D eigenvalue weighted by Gasteiger charge is -2.19. The average molecular weight is 588 g/mol. The number of nitrogens with one attached hydrogen (secondary N) is 3. The summed E-state index contributed by atoms with van der Waals surface area (Å²) in [6.45, 7) is 0.767. The molecular weight excluding hydrogens is 563 g/mol. The average Bonchev–Trinajstić information content (AvgIpc) is 2.91. The van der Waals surface area contributed by atoms with Gasteiger partial charge in [-0.15, -0.1) is 12.4 Å². The summed E-state index contributed by atoms with van der Waals surface area (Å²) in [6.07, 6.45) is -4.67. The van der Waals surface area contributed by atoms with E-state index in [-0.39, 0.29) is 52.0 Å². The molecule has 6 N–H and O–H groups in total. The lowest BCUT2D eigenvalue weighted by molar-refractivity contribution is -0.137. The summed E-state index contributed by atoms with van der Waals surface area (Å²) in [5.41, 5.74) is 0.493. The van der Waals surface area contributed by atoms with Crippen molar-refractivity contribution in [2.75, 3.05) is 10.6 Å². The molecule has 0 saturated heterocycles. The van der Waals surface area contributed by atoms with Crippen LogP contribution in [0.4, 0.5) is 35.9 Å². The van der Waals surface area contributed by atoms with Gasteiger partial charge in [-0.25, -0.2) is 9.59 Å². The Hall–Kier alpha value is -4.74. The van der Waals surface area contributed by atoms with Crippen LogP contribution in [0.15, 0.2) is 84.9 Å². The minimum absolute atomic E-state index is 0. The normalized spacial score (nSPS) is 10.9. The van der Waals surface area contributed by atoms with E-state index in [9.17, 15) is 38.1 Å². The number of carbonyl (C=O) groups is 2. The van der Waals surface area contributed by atoms with Crippen molar-refractivity contribution in [3.05, 3.63) is 113 Å². The predicted molar refractivity (Wildman–Crippen MR) is 151 cm³/mol. The van der Waals surface area contributed by atoms with Gasteiger partial charge in [0.1, 0.15) is 5.75 Å². The Bertz CT molecular complexity index is 1550. The molecule has 0 fully saturated rings. The van der Waals surface area contributed by atoms with Crippen molar-refractivity contribution in [3.63, 3.8) is 0 Å². The molecule has 0 radical (unpaired) electrons. The maximum absolute atomic E-state index is 13.5. The fourth-order valence-electron chi connectivity index (χ4n) is 3.95. The van der Waals surface area contributed by atoms with Crippen molar-refractivity contribution in [3.8, 4) is 5.75 Å². The highest BCUT2D eigenvalue weighted by Crippen LogP contribution is 2.37. The number of phenolic OH excluding ortho intramolecular Hbond substituents is 1. The standard InChI is InChI=1S/C29H24F3N3O5.ClH/c30-29(31,32)19-8-12-25(34-23-4-2-1-3-21(23)27(37)38)26(14-19)35-24-11-7-18(13-22(24)28(39)40)16-33-15-17-5-9-20(36)10-6-17;/h1-14,33-36H,15-16H2,(H,37,38)(H,39,40);1H. The summed E-state index contributed by atoms with van der Waals surface area (Å²) in [5, 5.41) is 37.5. The Morgan fingerprint density at radius 1 is 0.659 bits per heavy atom. The third-order valence-corrected chi connectivity index (χ3v) is 5.95. The van der Waals surface area contributed by atoms with Crippen LogP contribution in [-0.4, -0.2) is 27.3 Å². The molecule has 0 aliphatic carbocycles. The monoisotopic (exact) mass is 587 g/mol. The van der Waals surface area contributed by atoms with E-state index in [0.717, 1.165) is 23.8 Å². The highest BCUT2D eigenvalue weighted by atomic mass is 35.5.